The topological polar surface area (TPSA) is 17.8 Å². The fourth-order valence-electron chi connectivity index (χ4n) is 4.85. The molecule has 4 aromatic carbocycles. The van der Waals surface area contributed by atoms with Crippen LogP contribution in [0.4, 0.5) is 0 Å². The van der Waals surface area contributed by atoms with E-state index >= 15 is 0 Å². The highest BCUT2D eigenvalue weighted by Crippen LogP contribution is 2.37. The molecule has 0 unspecified atom stereocenters. The summed E-state index contributed by atoms with van der Waals surface area (Å²) >= 11 is 13.6. The van der Waals surface area contributed by atoms with Gasteiger partial charge in [-0.1, -0.05) is 97.2 Å². The lowest BCUT2D eigenvalue weighted by atomic mass is 10.0. The van der Waals surface area contributed by atoms with Crippen LogP contribution in [-0.2, 0) is 0 Å². The first kappa shape index (κ1) is 21.5. The Hall–Kier alpha value is -3.77. The average Bonchev–Trinajstić information content (AvgIpc) is 3.55. The van der Waals surface area contributed by atoms with Crippen molar-refractivity contribution in [3.8, 4) is 16.1 Å². The van der Waals surface area contributed by atoms with Crippen LogP contribution < -0.4 is 0 Å². The van der Waals surface area contributed by atoms with Crippen molar-refractivity contribution in [2.45, 2.75) is 0 Å². The molecule has 0 fully saturated rings. The van der Waals surface area contributed by atoms with E-state index in [1.807, 2.05) is 12.1 Å². The van der Waals surface area contributed by atoms with Crippen LogP contribution in [-0.4, -0.2) is 19.3 Å². The molecule has 36 heavy (non-hydrogen) atoms. The molecule has 0 aliphatic heterocycles. The highest BCUT2D eigenvalue weighted by molar-refractivity contribution is 7.84. The minimum Gasteiger partial charge on any atom is -0.292 e. The van der Waals surface area contributed by atoms with Gasteiger partial charge in [0.2, 0.25) is 0 Å². The third-order valence-electron chi connectivity index (χ3n) is 6.59. The molecular weight excluding hydrogens is 497 g/mol. The molecule has 1 aliphatic carbocycles. The number of benzene rings is 4. The number of imidazole rings is 1. The van der Waals surface area contributed by atoms with Crippen molar-refractivity contribution in [2.24, 2.45) is 0 Å². The molecule has 0 saturated carbocycles. The summed E-state index contributed by atoms with van der Waals surface area (Å²) in [5.74, 6) is 0.833. The second-order valence-electron chi connectivity index (χ2n) is 8.77. The Kier molecular flexibility index (Phi) is 5.03. The molecule has 5 heteroatoms. The Bertz CT molecular complexity index is 1800. The summed E-state index contributed by atoms with van der Waals surface area (Å²) in [6.07, 6.45) is 2.07. The van der Waals surface area contributed by atoms with Crippen LogP contribution in [0, 0.1) is 0 Å². The van der Waals surface area contributed by atoms with Gasteiger partial charge in [-0.2, -0.15) is 0 Å². The van der Waals surface area contributed by atoms with Crippen molar-refractivity contribution >= 4 is 72.7 Å². The van der Waals surface area contributed by atoms with Crippen LogP contribution in [0.25, 0.3) is 43.3 Å². The number of thiophene rings is 1. The highest BCUT2D eigenvalue weighted by Gasteiger charge is 2.28. The predicted octanol–water partition coefficient (Wildman–Crippen LogP) is 8.44. The zero-order chi connectivity index (χ0) is 24.2. The number of rotatable bonds is 3. The van der Waals surface area contributed by atoms with E-state index in [1.54, 1.807) is 11.3 Å². The largest absolute Gasteiger partial charge is 0.292 e. The van der Waals surface area contributed by atoms with Crippen molar-refractivity contribution in [3.05, 3.63) is 126 Å². The highest BCUT2D eigenvalue weighted by atomic mass is 32.1. The van der Waals surface area contributed by atoms with Crippen molar-refractivity contribution in [1.29, 1.82) is 0 Å². The molecule has 2 aromatic heterocycles. The summed E-state index contributed by atoms with van der Waals surface area (Å²) < 4.78 is 2.20. The summed E-state index contributed by atoms with van der Waals surface area (Å²) in [6.45, 7) is 0. The third-order valence-corrected chi connectivity index (χ3v) is 8.54. The normalized spacial score (nSPS) is 13.1. The van der Waals surface area contributed by atoms with Crippen LogP contribution in [0.3, 0.4) is 0 Å². The van der Waals surface area contributed by atoms with Crippen LogP contribution in [0.5, 0.6) is 0 Å². The molecule has 7 rings (SSSR count). The Morgan fingerprint density at radius 1 is 0.694 bits per heavy atom. The number of nitrogens with zero attached hydrogens (tertiary/aromatic N) is 2. The van der Waals surface area contributed by atoms with E-state index in [0.29, 0.717) is 0 Å². The van der Waals surface area contributed by atoms with Crippen molar-refractivity contribution in [3.63, 3.8) is 0 Å². The van der Waals surface area contributed by atoms with Crippen molar-refractivity contribution in [1.82, 2.24) is 9.55 Å². The average molecular weight is 515 g/mol. The Balaban J connectivity index is 1.40. The van der Waals surface area contributed by atoms with Gasteiger partial charge in [-0.25, -0.2) is 4.98 Å². The van der Waals surface area contributed by atoms with Crippen molar-refractivity contribution < 1.29 is 0 Å². The van der Waals surface area contributed by atoms with Gasteiger partial charge in [0.05, 0.1) is 15.2 Å². The van der Waals surface area contributed by atoms with E-state index in [-0.39, 0.29) is 0 Å². The molecule has 0 N–H and O–H groups in total. The second kappa shape index (κ2) is 8.42. The monoisotopic (exact) mass is 514 g/mol. The first-order valence-electron chi connectivity index (χ1n) is 11.6. The van der Waals surface area contributed by atoms with E-state index in [2.05, 4.69) is 102 Å². The molecule has 6 aromatic rings. The quantitative estimate of drug-likeness (QED) is 0.174. The molecular formula is C31H18N2S3. The summed E-state index contributed by atoms with van der Waals surface area (Å²) in [5.41, 5.74) is 6.29. The minimum absolute atomic E-state index is 0.789. The van der Waals surface area contributed by atoms with E-state index in [1.165, 1.54) is 21.2 Å². The summed E-state index contributed by atoms with van der Waals surface area (Å²) in [6, 6.07) is 35.7. The molecule has 2 nitrogen and oxygen atoms in total. The molecule has 1 aliphatic rings. The lowest BCUT2D eigenvalue weighted by Crippen LogP contribution is -2.02. The zero-order valence-corrected chi connectivity index (χ0v) is 21.5. The SMILES string of the molecule is S=C1C(=Cc2nc3sc(-c4ccccc4)cc3n2-c2ccccc2)C(=S)c2cc3ccccc3cc21. The molecule has 2 heterocycles. The van der Waals surface area contributed by atoms with Gasteiger partial charge in [0.1, 0.15) is 10.7 Å². The van der Waals surface area contributed by atoms with Crippen LogP contribution in [0.15, 0.2) is 109 Å². The van der Waals surface area contributed by atoms with Gasteiger partial charge in [0.25, 0.3) is 0 Å². The molecule has 0 amide bonds. The summed E-state index contributed by atoms with van der Waals surface area (Å²) in [7, 11) is 0. The first-order valence-corrected chi connectivity index (χ1v) is 13.3. The van der Waals surface area contributed by atoms with E-state index in [4.69, 9.17) is 29.4 Å². The fourth-order valence-corrected chi connectivity index (χ4v) is 6.60. The molecule has 0 bridgehead atoms. The Morgan fingerprint density at radius 2 is 1.28 bits per heavy atom. The molecule has 170 valence electrons. The van der Waals surface area contributed by atoms with Crippen molar-refractivity contribution in [2.75, 3.05) is 0 Å². The molecule has 0 atom stereocenters. The van der Waals surface area contributed by atoms with Gasteiger partial charge in [-0.3, -0.25) is 4.57 Å². The maximum absolute atomic E-state index is 5.95. The number of allylic oxidation sites excluding steroid dienone is 1. The fraction of sp³-hybridized carbons (Fsp3) is 0. The third kappa shape index (κ3) is 3.39. The number of fused-ring (bicyclic) bond motifs is 3. The van der Waals surface area contributed by atoms with Crippen LogP contribution in [0.1, 0.15) is 17.0 Å². The lowest BCUT2D eigenvalue weighted by molar-refractivity contribution is 1.07. The lowest BCUT2D eigenvalue weighted by Gasteiger charge is -2.07. The Labute approximate surface area is 223 Å². The number of para-hydroxylation sites is 1. The number of aromatic nitrogens is 2. The summed E-state index contributed by atoms with van der Waals surface area (Å²) in [4.78, 5) is 8.83. The molecule has 0 spiro atoms. The number of hydrogen-bond acceptors (Lipinski definition) is 4. The van der Waals surface area contributed by atoms with E-state index in [9.17, 15) is 0 Å². The van der Waals surface area contributed by atoms with Gasteiger partial charge in [0.15, 0.2) is 0 Å². The van der Waals surface area contributed by atoms with E-state index < -0.39 is 0 Å². The second-order valence-corrected chi connectivity index (χ2v) is 10.6. The molecule has 0 saturated heterocycles. The smallest absolute Gasteiger partial charge is 0.143 e. The van der Waals surface area contributed by atoms with Gasteiger partial charge in [-0.05, 0) is 52.7 Å². The Morgan fingerprint density at radius 3 is 1.92 bits per heavy atom. The van der Waals surface area contributed by atoms with Crippen LogP contribution >= 0.6 is 35.8 Å². The van der Waals surface area contributed by atoms with E-state index in [0.717, 1.165) is 48.3 Å². The standard InChI is InChI=1S/C31H18N2S3/c34-29-23-15-20-11-7-8-12-21(20)16-24(23)30(35)25(29)17-28-32-31-26(33(28)22-13-5-2-6-14-22)18-27(36-31)19-9-3-1-4-10-19/h1-18H. The predicted molar refractivity (Wildman–Crippen MR) is 160 cm³/mol. The van der Waals surface area contributed by atoms with Gasteiger partial charge >= 0.3 is 0 Å². The zero-order valence-electron chi connectivity index (χ0n) is 19.0. The van der Waals surface area contributed by atoms with Crippen LogP contribution in [0.2, 0.25) is 0 Å². The van der Waals surface area contributed by atoms with Gasteiger partial charge in [0, 0.05) is 27.3 Å². The summed E-state index contributed by atoms with van der Waals surface area (Å²) in [5, 5.41) is 2.34. The maximum Gasteiger partial charge on any atom is 0.143 e. The van der Waals surface area contributed by atoms with Gasteiger partial charge < -0.3 is 0 Å². The molecule has 0 radical (unpaired) electrons. The number of hydrogen-bond donors (Lipinski definition) is 0. The maximum atomic E-state index is 5.95. The number of thiocarbonyl (C=S) groups is 2. The first-order chi connectivity index (χ1) is 17.7. The van der Waals surface area contributed by atoms with Gasteiger partial charge in [-0.15, -0.1) is 11.3 Å². The minimum atomic E-state index is 0.789.